The summed E-state index contributed by atoms with van der Waals surface area (Å²) >= 11 is 7.51. The van der Waals surface area contributed by atoms with E-state index in [0.29, 0.717) is 37.3 Å². The van der Waals surface area contributed by atoms with Crippen LogP contribution in [0.25, 0.3) is 0 Å². The molecule has 71 heavy (non-hydrogen) atoms. The van der Waals surface area contributed by atoms with Crippen molar-refractivity contribution in [2.24, 2.45) is 0 Å². The third-order valence-electron chi connectivity index (χ3n) is 10.7. The second-order valence-electron chi connectivity index (χ2n) is 15.9. The zero-order valence-corrected chi connectivity index (χ0v) is 49.2. The maximum Gasteiger partial charge on any atom is 0.492 e. The number of esters is 2. The number of rotatable bonds is 20. The molecule has 0 bridgehead atoms. The third-order valence-corrected chi connectivity index (χ3v) is 30.1. The van der Waals surface area contributed by atoms with Crippen LogP contribution in [-0.2, 0) is 75.6 Å². The Kier molecular flexibility index (Phi) is 49.0. The van der Waals surface area contributed by atoms with Gasteiger partial charge in [0, 0.05) is 37.5 Å². The molecule has 0 aliphatic carbocycles. The molecule has 12 nitrogen and oxygen atoms in total. The SMILES string of the molecule is C.C.C.C=CCc1c(C)ccc(COC(C)=O)c1Br.C=C[CH2][Sn]([CH2]CCC)([CH2]CCC)[CH2]CCC.CC(=O)OCc1ccc(C)c(I)c1Br.CCCc1c(C(=O)O)ccc2c1B(O)OC2.O=C=O.O=C=O. The van der Waals surface area contributed by atoms with E-state index in [1.54, 1.807) is 25.4 Å². The first-order chi connectivity index (χ1) is 32.3. The van der Waals surface area contributed by atoms with Gasteiger partial charge in [-0.15, -0.1) is 6.58 Å². The van der Waals surface area contributed by atoms with Crippen molar-refractivity contribution in [3.8, 4) is 0 Å². The molecule has 0 saturated carbocycles. The van der Waals surface area contributed by atoms with Crippen LogP contribution in [0.5, 0.6) is 0 Å². The summed E-state index contributed by atoms with van der Waals surface area (Å²) in [6.45, 7) is 24.7. The Morgan fingerprint density at radius 1 is 0.746 bits per heavy atom. The van der Waals surface area contributed by atoms with Crippen molar-refractivity contribution in [1.82, 2.24) is 0 Å². The van der Waals surface area contributed by atoms with Gasteiger partial charge in [0.1, 0.15) is 13.2 Å². The summed E-state index contributed by atoms with van der Waals surface area (Å²) < 4.78 is 24.5. The largest absolute Gasteiger partial charge is 0.492 e. The smallest absolute Gasteiger partial charge is 0.478 e. The summed E-state index contributed by atoms with van der Waals surface area (Å²) in [6, 6.07) is 11.3. The normalized spacial score (nSPS) is 10.2. The van der Waals surface area contributed by atoms with Gasteiger partial charge in [-0.05, 0) is 105 Å². The number of aromatic carboxylic acids is 1. The van der Waals surface area contributed by atoms with Crippen molar-refractivity contribution in [1.29, 1.82) is 0 Å². The van der Waals surface area contributed by atoms with Crippen molar-refractivity contribution >= 4 is 116 Å². The standard InChI is InChI=1S/C13H15BrO2.C11H13BO4.C10H10BrIO2.3C4H9.C3H5.2CO2.3CH4.Sn/c1-4-5-12-9(2)6-7-11(13(12)14)8-16-10(3)15;1-2-3-8-9(11(13)14)5-4-7-6-16-12(15)10(7)8;1-6-3-4-8(5-14-7(2)13)9(11)10(6)12;3*1-3-4-2;1-3-2;2*2-1-3;;;;/h4,6-7H,1,5,8H2,2-3H3;4-5,15H,2-3,6H2,1H3,(H,13,14);3-4H,5H2,1-2H3;3*1,3-4H2,2H3;3H,1-2H2;;;3*1H4;. The Labute approximate surface area is 461 Å². The van der Waals surface area contributed by atoms with E-state index in [9.17, 15) is 19.4 Å². The van der Waals surface area contributed by atoms with Crippen molar-refractivity contribution in [2.45, 2.75) is 173 Å². The van der Waals surface area contributed by atoms with Gasteiger partial charge in [0.25, 0.3) is 0 Å². The van der Waals surface area contributed by atoms with Gasteiger partial charge in [0.05, 0.1) is 12.2 Å². The molecule has 0 aromatic heterocycles. The topological polar surface area (TPSA) is 188 Å². The minimum absolute atomic E-state index is 0. The molecule has 0 spiro atoms. The molecule has 4 rings (SSSR count). The predicted molar refractivity (Wildman–Crippen MR) is 305 cm³/mol. The van der Waals surface area contributed by atoms with Crippen molar-refractivity contribution < 1.29 is 57.8 Å². The van der Waals surface area contributed by atoms with Gasteiger partial charge < -0.3 is 24.3 Å². The number of benzene rings is 3. The number of fused-ring (bicyclic) bond motifs is 1. The fourth-order valence-electron chi connectivity index (χ4n) is 7.19. The summed E-state index contributed by atoms with van der Waals surface area (Å²) in [5.41, 5.74) is 8.11. The zero-order valence-electron chi connectivity index (χ0n) is 41.0. The zero-order chi connectivity index (χ0) is 52.2. The molecular formula is C54H82BBr2IO12Sn. The molecule has 0 unspecified atom stereocenters. The van der Waals surface area contributed by atoms with Crippen molar-refractivity contribution in [3.63, 3.8) is 0 Å². The Hall–Kier alpha value is -3.22. The summed E-state index contributed by atoms with van der Waals surface area (Å²) in [6.07, 6.45) is 15.5. The van der Waals surface area contributed by atoms with Crippen molar-refractivity contribution in [2.75, 3.05) is 0 Å². The number of unbranched alkanes of at least 4 members (excludes halogenated alkanes) is 3. The van der Waals surface area contributed by atoms with Crippen LogP contribution in [0.2, 0.25) is 17.7 Å². The average molecular weight is 1340 g/mol. The minimum Gasteiger partial charge on any atom is -0.478 e. The number of carboxylic acids is 1. The van der Waals surface area contributed by atoms with Crippen LogP contribution in [0.3, 0.4) is 0 Å². The second kappa shape index (κ2) is 45.4. The van der Waals surface area contributed by atoms with E-state index in [2.05, 4.69) is 101 Å². The van der Waals surface area contributed by atoms with Gasteiger partial charge in [-0.2, -0.15) is 19.2 Å². The number of carboxylic acid groups (broad SMARTS) is 1. The van der Waals surface area contributed by atoms with Crippen molar-refractivity contribution in [3.05, 3.63) is 119 Å². The molecule has 0 amide bonds. The maximum atomic E-state index is 11.1. The van der Waals surface area contributed by atoms with E-state index in [4.69, 9.17) is 38.4 Å². The van der Waals surface area contributed by atoms with E-state index in [1.165, 1.54) is 73.5 Å². The quantitative estimate of drug-likeness (QED) is 0.0472. The summed E-state index contributed by atoms with van der Waals surface area (Å²) in [4.78, 5) is 65.0. The molecule has 2 N–H and O–H groups in total. The molecule has 3 aromatic rings. The number of carbonyl (C=O) groups is 3. The van der Waals surface area contributed by atoms with Gasteiger partial charge in [-0.3, -0.25) is 9.59 Å². The second-order valence-corrected chi connectivity index (χ2v) is 32.6. The van der Waals surface area contributed by atoms with E-state index < -0.39 is 31.5 Å². The fourth-order valence-corrected chi connectivity index (χ4v) is 24.1. The maximum absolute atomic E-state index is 11.1. The van der Waals surface area contributed by atoms with E-state index in [-0.39, 0.29) is 52.1 Å². The van der Waals surface area contributed by atoms with Gasteiger partial charge in [-0.25, -0.2) is 4.79 Å². The summed E-state index contributed by atoms with van der Waals surface area (Å²) in [5.74, 6) is -1.48. The molecule has 0 atom stereocenters. The Balaban J connectivity index is -0.000000259. The number of allylic oxidation sites excluding steroid dienone is 2. The van der Waals surface area contributed by atoms with Crippen LogP contribution in [-0.4, -0.2) is 65.8 Å². The van der Waals surface area contributed by atoms with Crippen LogP contribution in [0.1, 0.15) is 158 Å². The molecule has 17 heteroatoms. The van der Waals surface area contributed by atoms with Crippen LogP contribution in [0.4, 0.5) is 0 Å². The van der Waals surface area contributed by atoms with Crippen LogP contribution in [0, 0.1) is 17.4 Å². The number of hydrogen-bond donors (Lipinski definition) is 2. The summed E-state index contributed by atoms with van der Waals surface area (Å²) in [7, 11) is -0.976. The monoisotopic (exact) mass is 1340 g/mol. The number of hydrogen-bond acceptors (Lipinski definition) is 11. The van der Waals surface area contributed by atoms with E-state index >= 15 is 0 Å². The van der Waals surface area contributed by atoms with E-state index in [1.807, 2.05) is 44.2 Å². The molecule has 3 aromatic carbocycles. The Morgan fingerprint density at radius 3 is 1.59 bits per heavy atom. The summed E-state index contributed by atoms with van der Waals surface area (Å²) in [5, 5.41) is 18.8. The molecule has 1 aliphatic rings. The average Bonchev–Trinajstić information content (AvgIpc) is 3.68. The Morgan fingerprint density at radius 2 is 1.20 bits per heavy atom. The van der Waals surface area contributed by atoms with E-state index in [0.717, 1.165) is 42.0 Å². The third kappa shape index (κ3) is 30.6. The minimum atomic E-state index is -1.78. The van der Waals surface area contributed by atoms with Crippen LogP contribution < -0.4 is 5.46 Å². The van der Waals surface area contributed by atoms with Gasteiger partial charge >= 0.3 is 145 Å². The Bertz CT molecular complexity index is 2070. The van der Waals surface area contributed by atoms with Gasteiger partial charge in [-0.1, -0.05) is 88.0 Å². The fraction of sp³-hybridized carbons (Fsp3) is 0.500. The molecule has 0 saturated heterocycles. The molecule has 1 heterocycles. The number of aryl methyl sites for hydroxylation is 2. The number of carbonyl (C=O) groups excluding carboxylic acids is 6. The van der Waals surface area contributed by atoms with Gasteiger partial charge in [0.15, 0.2) is 0 Å². The predicted octanol–water partition coefficient (Wildman–Crippen LogP) is 14.3. The molecular weight excluding hydrogens is 1260 g/mol. The molecule has 0 radical (unpaired) electrons. The number of ether oxygens (including phenoxy) is 2. The molecule has 0 fully saturated rings. The first-order valence-electron chi connectivity index (χ1n) is 22.7. The van der Waals surface area contributed by atoms with Gasteiger partial charge in [0.2, 0.25) is 0 Å². The number of halogens is 3. The molecule has 398 valence electrons. The first kappa shape index (κ1) is 76.7. The molecule has 1 aliphatic heterocycles. The first-order valence-corrected chi connectivity index (χ1v) is 33.4. The van der Waals surface area contributed by atoms with Crippen LogP contribution >= 0.6 is 54.5 Å². The van der Waals surface area contributed by atoms with Crippen LogP contribution in [0.15, 0.2) is 70.7 Å².